The third kappa shape index (κ3) is 9.25. The SMILES string of the molecule is CCC(CC)(CNC(=NC)NCC(C)SC)NC(=O)OC(C)(C)C. The Labute approximate surface area is 152 Å². The maximum absolute atomic E-state index is 12.2. The van der Waals surface area contributed by atoms with E-state index in [0.717, 1.165) is 25.3 Å². The van der Waals surface area contributed by atoms with Crippen LogP contribution in [0.2, 0.25) is 0 Å². The number of alkyl carbamates (subject to hydrolysis) is 1. The van der Waals surface area contributed by atoms with Crippen molar-refractivity contribution >= 4 is 23.8 Å². The highest BCUT2D eigenvalue weighted by atomic mass is 32.2. The Bertz CT molecular complexity index is 404. The Balaban J connectivity index is 4.72. The number of carbonyl (C=O) groups excluding carboxylic acids is 1. The van der Waals surface area contributed by atoms with Crippen molar-refractivity contribution in [3.05, 3.63) is 0 Å². The van der Waals surface area contributed by atoms with E-state index in [1.165, 1.54) is 0 Å². The number of thioether (sulfide) groups is 1. The van der Waals surface area contributed by atoms with Crippen LogP contribution in [-0.2, 0) is 4.74 Å². The fourth-order valence-corrected chi connectivity index (χ4v) is 2.29. The van der Waals surface area contributed by atoms with Gasteiger partial charge in [-0.2, -0.15) is 11.8 Å². The van der Waals surface area contributed by atoms with Gasteiger partial charge < -0.3 is 20.7 Å². The number of nitrogens with zero attached hydrogens (tertiary/aromatic N) is 1. The molecule has 24 heavy (non-hydrogen) atoms. The molecule has 1 amide bonds. The van der Waals surface area contributed by atoms with Gasteiger partial charge >= 0.3 is 6.09 Å². The Morgan fingerprint density at radius 2 is 1.79 bits per heavy atom. The molecule has 0 bridgehead atoms. The van der Waals surface area contributed by atoms with Crippen LogP contribution in [0.3, 0.4) is 0 Å². The van der Waals surface area contributed by atoms with Crippen molar-refractivity contribution in [1.29, 1.82) is 0 Å². The normalized spacial score (nSPS) is 14.1. The highest BCUT2D eigenvalue weighted by Crippen LogP contribution is 2.16. The van der Waals surface area contributed by atoms with E-state index < -0.39 is 5.60 Å². The van der Waals surface area contributed by atoms with E-state index >= 15 is 0 Å². The van der Waals surface area contributed by atoms with E-state index in [1.807, 2.05) is 20.8 Å². The molecule has 0 aromatic heterocycles. The summed E-state index contributed by atoms with van der Waals surface area (Å²) in [5, 5.41) is 10.2. The number of nitrogens with one attached hydrogen (secondary N) is 3. The van der Waals surface area contributed by atoms with E-state index in [2.05, 4.69) is 48.0 Å². The minimum Gasteiger partial charge on any atom is -0.444 e. The number of amides is 1. The summed E-state index contributed by atoms with van der Waals surface area (Å²) >= 11 is 1.80. The zero-order valence-electron chi connectivity index (χ0n) is 16.6. The zero-order chi connectivity index (χ0) is 18.8. The van der Waals surface area contributed by atoms with Gasteiger partial charge in [0.15, 0.2) is 5.96 Å². The van der Waals surface area contributed by atoms with Crippen LogP contribution >= 0.6 is 11.8 Å². The molecule has 1 atom stereocenters. The molecular weight excluding hydrogens is 324 g/mol. The predicted molar refractivity (Wildman–Crippen MR) is 105 cm³/mol. The number of ether oxygens (including phenoxy) is 1. The molecule has 0 spiro atoms. The van der Waals surface area contributed by atoms with Gasteiger partial charge in [0.1, 0.15) is 5.60 Å². The number of hydrogen-bond acceptors (Lipinski definition) is 4. The third-order valence-corrected chi connectivity index (χ3v) is 4.87. The van der Waals surface area contributed by atoms with Crippen LogP contribution in [0.1, 0.15) is 54.4 Å². The Kier molecular flexibility index (Phi) is 10.2. The molecule has 6 nitrogen and oxygen atoms in total. The second kappa shape index (κ2) is 10.7. The van der Waals surface area contributed by atoms with Crippen LogP contribution in [0.4, 0.5) is 4.79 Å². The van der Waals surface area contributed by atoms with Crippen LogP contribution in [0, 0.1) is 0 Å². The van der Waals surface area contributed by atoms with Gasteiger partial charge in [0, 0.05) is 25.4 Å². The first kappa shape index (κ1) is 22.9. The minimum absolute atomic E-state index is 0.370. The Hall–Kier alpha value is -1.11. The molecule has 0 saturated heterocycles. The van der Waals surface area contributed by atoms with Crippen LogP contribution in [0.25, 0.3) is 0 Å². The van der Waals surface area contributed by atoms with Gasteiger partial charge in [-0.25, -0.2) is 4.79 Å². The average molecular weight is 361 g/mol. The monoisotopic (exact) mass is 360 g/mol. The summed E-state index contributed by atoms with van der Waals surface area (Å²) in [5.74, 6) is 0.744. The van der Waals surface area contributed by atoms with Crippen LogP contribution in [-0.4, -0.2) is 54.8 Å². The van der Waals surface area contributed by atoms with Crippen molar-refractivity contribution in [2.75, 3.05) is 26.4 Å². The minimum atomic E-state index is -0.504. The zero-order valence-corrected chi connectivity index (χ0v) is 17.4. The van der Waals surface area contributed by atoms with Crippen molar-refractivity contribution < 1.29 is 9.53 Å². The number of aliphatic imine (C=N–C) groups is 1. The van der Waals surface area contributed by atoms with E-state index in [-0.39, 0.29) is 11.6 Å². The Morgan fingerprint density at radius 3 is 2.21 bits per heavy atom. The highest BCUT2D eigenvalue weighted by molar-refractivity contribution is 7.99. The first-order valence-corrected chi connectivity index (χ1v) is 9.88. The van der Waals surface area contributed by atoms with Crippen LogP contribution in [0.15, 0.2) is 4.99 Å². The molecule has 1 unspecified atom stereocenters. The molecule has 7 heteroatoms. The van der Waals surface area contributed by atoms with Gasteiger partial charge in [0.2, 0.25) is 0 Å². The first-order chi connectivity index (χ1) is 11.1. The van der Waals surface area contributed by atoms with Gasteiger partial charge in [-0.15, -0.1) is 0 Å². The number of carbonyl (C=O) groups is 1. The van der Waals surface area contributed by atoms with Crippen molar-refractivity contribution in [3.63, 3.8) is 0 Å². The topological polar surface area (TPSA) is 74.8 Å². The molecule has 0 saturated carbocycles. The molecule has 0 aliphatic carbocycles. The van der Waals surface area contributed by atoms with E-state index in [1.54, 1.807) is 18.8 Å². The molecule has 0 rings (SSSR count). The number of rotatable bonds is 8. The molecule has 0 aromatic carbocycles. The first-order valence-electron chi connectivity index (χ1n) is 8.59. The van der Waals surface area contributed by atoms with E-state index in [4.69, 9.17) is 4.74 Å². The summed E-state index contributed by atoms with van der Waals surface area (Å²) in [7, 11) is 1.75. The molecule has 0 aromatic rings. The molecule has 142 valence electrons. The third-order valence-electron chi connectivity index (χ3n) is 3.90. The number of guanidine groups is 1. The lowest BCUT2D eigenvalue weighted by Crippen LogP contribution is -2.57. The van der Waals surface area contributed by atoms with Crippen molar-refractivity contribution in [2.45, 2.75) is 70.8 Å². The second-order valence-electron chi connectivity index (χ2n) is 6.97. The highest BCUT2D eigenvalue weighted by Gasteiger charge is 2.30. The van der Waals surface area contributed by atoms with Gasteiger partial charge in [0.25, 0.3) is 0 Å². The van der Waals surface area contributed by atoms with Gasteiger partial charge in [-0.1, -0.05) is 20.8 Å². The summed E-state index contributed by atoms with van der Waals surface area (Å²) in [4.78, 5) is 16.4. The standard InChI is InChI=1S/C17H36N4O2S/c1-9-17(10-2,21-15(22)23-16(4,5)6)12-20-14(18-7)19-11-13(3)24-8/h13H,9-12H2,1-8H3,(H,21,22)(H2,18,19,20). The lowest BCUT2D eigenvalue weighted by molar-refractivity contribution is 0.0448. The molecular formula is C17H36N4O2S. The fourth-order valence-electron chi connectivity index (χ4n) is 2.04. The summed E-state index contributed by atoms with van der Waals surface area (Å²) in [5.41, 5.74) is -0.874. The fraction of sp³-hybridized carbons (Fsp3) is 0.882. The van der Waals surface area contributed by atoms with Crippen LogP contribution in [0.5, 0.6) is 0 Å². The maximum atomic E-state index is 12.2. The van der Waals surface area contributed by atoms with Gasteiger partial charge in [0.05, 0.1) is 5.54 Å². The molecule has 0 heterocycles. The quantitative estimate of drug-likeness (QED) is 0.458. The summed E-state index contributed by atoms with van der Waals surface area (Å²) in [6.45, 7) is 13.3. The average Bonchev–Trinajstić information content (AvgIpc) is 2.51. The summed E-state index contributed by atoms with van der Waals surface area (Å²) < 4.78 is 5.40. The summed E-state index contributed by atoms with van der Waals surface area (Å²) in [6.07, 6.45) is 3.31. The molecule has 0 fully saturated rings. The molecule has 3 N–H and O–H groups in total. The number of hydrogen-bond donors (Lipinski definition) is 3. The van der Waals surface area contributed by atoms with Crippen molar-refractivity contribution in [2.24, 2.45) is 4.99 Å². The second-order valence-corrected chi connectivity index (χ2v) is 8.24. The van der Waals surface area contributed by atoms with Crippen molar-refractivity contribution in [1.82, 2.24) is 16.0 Å². The Morgan fingerprint density at radius 1 is 1.21 bits per heavy atom. The van der Waals surface area contributed by atoms with Gasteiger partial charge in [-0.05, 0) is 39.9 Å². The molecule has 0 aliphatic rings. The van der Waals surface area contributed by atoms with Crippen LogP contribution < -0.4 is 16.0 Å². The summed E-state index contributed by atoms with van der Waals surface area (Å²) in [6, 6.07) is 0. The van der Waals surface area contributed by atoms with E-state index in [0.29, 0.717) is 11.8 Å². The predicted octanol–water partition coefficient (Wildman–Crippen LogP) is 2.99. The lowest BCUT2D eigenvalue weighted by atomic mass is 9.93. The smallest absolute Gasteiger partial charge is 0.408 e. The van der Waals surface area contributed by atoms with E-state index in [9.17, 15) is 4.79 Å². The molecule has 0 aliphatic heterocycles. The van der Waals surface area contributed by atoms with Gasteiger partial charge in [-0.3, -0.25) is 4.99 Å². The molecule has 0 radical (unpaired) electrons. The maximum Gasteiger partial charge on any atom is 0.408 e. The lowest BCUT2D eigenvalue weighted by Gasteiger charge is -2.34. The largest absolute Gasteiger partial charge is 0.444 e. The van der Waals surface area contributed by atoms with Crippen molar-refractivity contribution in [3.8, 4) is 0 Å².